The molecule has 26 heavy (non-hydrogen) atoms. The van der Waals surface area contributed by atoms with Crippen LogP contribution in [0.2, 0.25) is 0 Å². The van der Waals surface area contributed by atoms with Crippen molar-refractivity contribution in [3.05, 3.63) is 71.3 Å². The van der Waals surface area contributed by atoms with Crippen LogP contribution in [0.1, 0.15) is 49.3 Å². The summed E-state index contributed by atoms with van der Waals surface area (Å²) in [6.45, 7) is 4.70. The summed E-state index contributed by atoms with van der Waals surface area (Å²) in [6, 6.07) is 16.4. The second kappa shape index (κ2) is 8.22. The maximum absolute atomic E-state index is 11.7. The average Bonchev–Trinajstić information content (AvgIpc) is 3.51. The number of esters is 1. The highest BCUT2D eigenvalue weighted by Gasteiger charge is 2.31. The monoisotopic (exact) mass is 350 g/mol. The molecule has 1 unspecified atom stereocenters. The number of hydrogen-bond acceptors (Lipinski definition) is 3. The lowest BCUT2D eigenvalue weighted by Gasteiger charge is -2.20. The van der Waals surface area contributed by atoms with E-state index in [0.29, 0.717) is 12.5 Å². The third-order valence-corrected chi connectivity index (χ3v) is 5.05. The second-order valence-electron chi connectivity index (χ2n) is 6.97. The Labute approximate surface area is 155 Å². The molecule has 3 heteroatoms. The molecule has 0 bridgehead atoms. The van der Waals surface area contributed by atoms with Crippen LogP contribution in [0, 0.1) is 5.92 Å². The molecular weight excluding hydrogens is 324 g/mol. The van der Waals surface area contributed by atoms with Crippen molar-refractivity contribution in [1.29, 1.82) is 0 Å². The summed E-state index contributed by atoms with van der Waals surface area (Å²) >= 11 is 0. The van der Waals surface area contributed by atoms with Gasteiger partial charge < -0.3 is 9.47 Å². The molecule has 3 nitrogen and oxygen atoms in total. The summed E-state index contributed by atoms with van der Waals surface area (Å²) in [4.78, 5) is 11.7. The molecule has 2 aromatic rings. The Balaban J connectivity index is 1.95. The Morgan fingerprint density at radius 3 is 2.54 bits per heavy atom. The van der Waals surface area contributed by atoms with Gasteiger partial charge in [0, 0.05) is 11.6 Å². The van der Waals surface area contributed by atoms with Crippen molar-refractivity contribution in [1.82, 2.24) is 0 Å². The molecular formula is C23H26O3. The third kappa shape index (κ3) is 4.34. The van der Waals surface area contributed by atoms with Gasteiger partial charge in [-0.15, -0.1) is 0 Å². The number of rotatable bonds is 7. The predicted octanol–water partition coefficient (Wildman–Crippen LogP) is 5.36. The summed E-state index contributed by atoms with van der Waals surface area (Å²) in [5, 5.41) is 0. The normalized spacial score (nSPS) is 15.4. The van der Waals surface area contributed by atoms with E-state index in [1.54, 1.807) is 0 Å². The van der Waals surface area contributed by atoms with Gasteiger partial charge in [0.1, 0.15) is 12.4 Å². The maximum atomic E-state index is 11.7. The van der Waals surface area contributed by atoms with Crippen molar-refractivity contribution >= 4 is 11.5 Å². The van der Waals surface area contributed by atoms with E-state index in [1.807, 2.05) is 37.3 Å². The molecule has 3 rings (SSSR count). The number of carbonyl (C=O) groups is 1. The van der Waals surface area contributed by atoms with Gasteiger partial charge in [-0.25, -0.2) is 4.79 Å². The van der Waals surface area contributed by atoms with Gasteiger partial charge in [0.2, 0.25) is 0 Å². The van der Waals surface area contributed by atoms with Crippen LogP contribution < -0.4 is 4.74 Å². The molecule has 1 saturated carbocycles. The first-order valence-corrected chi connectivity index (χ1v) is 9.16. The lowest BCUT2D eigenvalue weighted by atomic mass is 9.91. The molecule has 1 fully saturated rings. The van der Waals surface area contributed by atoms with E-state index in [9.17, 15) is 4.79 Å². The van der Waals surface area contributed by atoms with Crippen LogP contribution in [-0.4, -0.2) is 13.1 Å². The Kier molecular flexibility index (Phi) is 5.77. The molecule has 0 spiro atoms. The van der Waals surface area contributed by atoms with E-state index in [4.69, 9.17) is 9.47 Å². The minimum atomic E-state index is -0.350. The average molecular weight is 350 g/mol. The van der Waals surface area contributed by atoms with Gasteiger partial charge in [-0.3, -0.25) is 0 Å². The highest BCUT2D eigenvalue weighted by atomic mass is 16.5. The summed E-state index contributed by atoms with van der Waals surface area (Å²) < 4.78 is 11.1. The lowest BCUT2D eigenvalue weighted by molar-refractivity contribution is -0.134. The molecule has 0 heterocycles. The number of hydrogen-bond donors (Lipinski definition) is 0. The zero-order valence-corrected chi connectivity index (χ0v) is 15.7. The molecule has 2 aromatic carbocycles. The first-order valence-electron chi connectivity index (χ1n) is 9.16. The molecule has 0 amide bonds. The maximum Gasteiger partial charge on any atom is 0.330 e. The fraction of sp³-hybridized carbons (Fsp3) is 0.348. The van der Waals surface area contributed by atoms with Crippen molar-refractivity contribution in [2.24, 2.45) is 5.92 Å². The molecule has 1 aliphatic carbocycles. The van der Waals surface area contributed by atoms with Crippen LogP contribution in [0.15, 0.2) is 54.6 Å². The minimum absolute atomic E-state index is 0.350. The van der Waals surface area contributed by atoms with E-state index in [1.165, 1.54) is 31.6 Å². The summed E-state index contributed by atoms with van der Waals surface area (Å²) in [5.74, 6) is 1.71. The van der Waals surface area contributed by atoms with Gasteiger partial charge in [0.05, 0.1) is 7.11 Å². The van der Waals surface area contributed by atoms with Gasteiger partial charge in [-0.2, -0.15) is 0 Å². The van der Waals surface area contributed by atoms with Crippen molar-refractivity contribution < 1.29 is 14.3 Å². The van der Waals surface area contributed by atoms with Crippen LogP contribution >= 0.6 is 0 Å². The fourth-order valence-corrected chi connectivity index (χ4v) is 3.28. The molecule has 0 aliphatic heterocycles. The van der Waals surface area contributed by atoms with E-state index in [-0.39, 0.29) is 5.97 Å². The second-order valence-corrected chi connectivity index (χ2v) is 6.97. The smallest absolute Gasteiger partial charge is 0.330 e. The Bertz CT molecular complexity index is 788. The quantitative estimate of drug-likeness (QED) is 0.498. The topological polar surface area (TPSA) is 35.5 Å². The number of ether oxygens (including phenoxy) is 2. The predicted molar refractivity (Wildman–Crippen MR) is 104 cm³/mol. The molecule has 1 atom stereocenters. The van der Waals surface area contributed by atoms with Crippen LogP contribution in [0.5, 0.6) is 5.75 Å². The SMILES string of the molecule is COC(=O)C=C(C)c1cccc(C(C)C2CC2)c1OCc1ccccc1. The zero-order chi connectivity index (χ0) is 18.5. The van der Waals surface area contributed by atoms with E-state index >= 15 is 0 Å². The minimum Gasteiger partial charge on any atom is -0.488 e. The largest absolute Gasteiger partial charge is 0.488 e. The standard InChI is InChI=1S/C23H26O3/c1-16(14-22(24)25-3)20-10-7-11-21(17(2)19-12-13-19)23(20)26-15-18-8-5-4-6-9-18/h4-11,14,17,19H,12-13,15H2,1-3H3. The van der Waals surface area contributed by atoms with Crippen LogP contribution in [-0.2, 0) is 16.1 Å². The number of methoxy groups -OCH3 is 1. The van der Waals surface area contributed by atoms with Crippen molar-refractivity contribution in [3.63, 3.8) is 0 Å². The van der Waals surface area contributed by atoms with Crippen LogP contribution in [0.25, 0.3) is 5.57 Å². The molecule has 0 saturated heterocycles. The van der Waals surface area contributed by atoms with Gasteiger partial charge >= 0.3 is 5.97 Å². The van der Waals surface area contributed by atoms with Crippen LogP contribution in [0.4, 0.5) is 0 Å². The Morgan fingerprint density at radius 2 is 1.88 bits per heavy atom. The lowest BCUT2D eigenvalue weighted by Crippen LogP contribution is -2.06. The summed E-state index contributed by atoms with van der Waals surface area (Å²) in [5.41, 5.74) is 4.15. The van der Waals surface area contributed by atoms with Crippen LogP contribution in [0.3, 0.4) is 0 Å². The van der Waals surface area contributed by atoms with Gasteiger partial charge in [-0.1, -0.05) is 55.5 Å². The van der Waals surface area contributed by atoms with Gasteiger partial charge in [0.25, 0.3) is 0 Å². The summed E-state index contributed by atoms with van der Waals surface area (Å²) in [6.07, 6.45) is 4.08. The zero-order valence-electron chi connectivity index (χ0n) is 15.7. The van der Waals surface area contributed by atoms with Gasteiger partial charge in [-0.05, 0) is 48.3 Å². The first-order chi connectivity index (χ1) is 12.6. The molecule has 1 aliphatic rings. The Morgan fingerprint density at radius 1 is 1.15 bits per heavy atom. The van der Waals surface area contributed by atoms with E-state index in [2.05, 4.69) is 25.1 Å². The molecule has 0 N–H and O–H groups in total. The van der Waals surface area contributed by atoms with E-state index < -0.39 is 0 Å². The molecule has 0 radical (unpaired) electrons. The van der Waals surface area contributed by atoms with Crippen molar-refractivity contribution in [2.45, 2.75) is 39.2 Å². The highest BCUT2D eigenvalue weighted by Crippen LogP contribution is 2.46. The molecule has 136 valence electrons. The van der Waals surface area contributed by atoms with E-state index in [0.717, 1.165) is 28.4 Å². The number of allylic oxidation sites excluding steroid dienone is 1. The van der Waals surface area contributed by atoms with Crippen molar-refractivity contribution in [3.8, 4) is 5.75 Å². The first kappa shape index (κ1) is 18.2. The number of benzene rings is 2. The molecule has 0 aromatic heterocycles. The summed E-state index contributed by atoms with van der Waals surface area (Å²) in [7, 11) is 1.39. The number of carbonyl (C=O) groups excluding carboxylic acids is 1. The highest BCUT2D eigenvalue weighted by molar-refractivity contribution is 5.91. The fourth-order valence-electron chi connectivity index (χ4n) is 3.28. The Hall–Kier alpha value is -2.55. The number of para-hydroxylation sites is 1. The third-order valence-electron chi connectivity index (χ3n) is 5.05. The van der Waals surface area contributed by atoms with Gasteiger partial charge in [0.15, 0.2) is 0 Å². The van der Waals surface area contributed by atoms with Crippen molar-refractivity contribution in [2.75, 3.05) is 7.11 Å².